The van der Waals surface area contributed by atoms with E-state index in [1.54, 1.807) is 0 Å². The maximum Gasteiger partial charge on any atom is 0.360 e. The van der Waals surface area contributed by atoms with Crippen molar-refractivity contribution in [3.8, 4) is 0 Å². The number of hydrogen-bond acceptors (Lipinski definition) is 3. The quantitative estimate of drug-likeness (QED) is 0.589. The summed E-state index contributed by atoms with van der Waals surface area (Å²) in [5, 5.41) is 0. The van der Waals surface area contributed by atoms with Crippen molar-refractivity contribution in [2.45, 2.75) is 19.8 Å². The molecule has 0 aromatic heterocycles. The second kappa shape index (κ2) is 4.06. The summed E-state index contributed by atoms with van der Waals surface area (Å²) in [6.07, 6.45) is 5.72. The summed E-state index contributed by atoms with van der Waals surface area (Å²) in [4.78, 5) is 11.2. The van der Waals surface area contributed by atoms with Crippen molar-refractivity contribution in [1.82, 2.24) is 0 Å². The molecule has 2 aliphatic rings. The van der Waals surface area contributed by atoms with Gasteiger partial charge in [-0.3, -0.25) is 9.35 Å². The molecule has 0 saturated heterocycles. The van der Waals surface area contributed by atoms with Crippen molar-refractivity contribution >= 4 is 17.3 Å². The average molecular weight is 230 g/mol. The molecule has 0 radical (unpaired) electrons. The minimum Gasteiger partial charge on any atom is -0.343 e. The average Bonchev–Trinajstić information content (AvgIpc) is 2.68. The van der Waals surface area contributed by atoms with E-state index in [2.05, 4.69) is 23.3 Å². The molecule has 1 saturated carbocycles. The molecule has 0 heterocycles. The van der Waals surface area contributed by atoms with Gasteiger partial charge in [0.15, 0.2) is 0 Å². The molecule has 2 rings (SSSR count). The second-order valence-corrected chi connectivity index (χ2v) is 4.95. The monoisotopic (exact) mass is 230 g/mol. The zero-order valence-electron chi connectivity index (χ0n) is 8.46. The smallest absolute Gasteiger partial charge is 0.343 e. The Labute approximate surface area is 91.2 Å². The zero-order valence-corrected chi connectivity index (χ0v) is 9.28. The van der Waals surface area contributed by atoms with E-state index in [-0.39, 0.29) is 12.3 Å². The van der Waals surface area contributed by atoms with Crippen LogP contribution in [0.2, 0.25) is 0 Å². The van der Waals surface area contributed by atoms with E-state index in [0.29, 0.717) is 17.8 Å². The zero-order chi connectivity index (χ0) is 11.0. The van der Waals surface area contributed by atoms with Gasteiger partial charge in [0.2, 0.25) is 0 Å². The molecule has 1 fully saturated rings. The van der Waals surface area contributed by atoms with Crippen LogP contribution in [0.15, 0.2) is 12.2 Å². The van der Waals surface area contributed by atoms with E-state index in [1.807, 2.05) is 0 Å². The molecule has 1 N–H and O–H groups in total. The molecule has 0 aromatic rings. The Morgan fingerprint density at radius 2 is 2.20 bits per heavy atom. The Kier molecular flexibility index (Phi) is 2.93. The summed E-state index contributed by atoms with van der Waals surface area (Å²) >= 11 is -2.48. The van der Waals surface area contributed by atoms with Gasteiger partial charge < -0.3 is 4.18 Å². The first-order chi connectivity index (χ1) is 7.08. The van der Waals surface area contributed by atoms with E-state index in [4.69, 9.17) is 4.55 Å². The third kappa shape index (κ3) is 2.13. The van der Waals surface area contributed by atoms with Crippen molar-refractivity contribution in [1.29, 1.82) is 0 Å². The lowest BCUT2D eigenvalue weighted by Crippen LogP contribution is -2.21. The summed E-state index contributed by atoms with van der Waals surface area (Å²) in [5.41, 5.74) is 0. The minimum absolute atomic E-state index is 0.249. The predicted octanol–water partition coefficient (Wildman–Crippen LogP) is 1.51. The topological polar surface area (TPSA) is 63.6 Å². The van der Waals surface area contributed by atoms with E-state index >= 15 is 0 Å². The van der Waals surface area contributed by atoms with Crippen LogP contribution in [0.5, 0.6) is 0 Å². The van der Waals surface area contributed by atoms with Crippen molar-refractivity contribution in [2.75, 3.05) is 0 Å². The van der Waals surface area contributed by atoms with Crippen LogP contribution in [0.1, 0.15) is 19.8 Å². The van der Waals surface area contributed by atoms with E-state index in [9.17, 15) is 9.00 Å². The normalized spacial score (nSPS) is 39.3. The van der Waals surface area contributed by atoms with Crippen molar-refractivity contribution in [3.05, 3.63) is 12.2 Å². The van der Waals surface area contributed by atoms with Crippen LogP contribution in [0.25, 0.3) is 0 Å². The number of carbonyl (C=O) groups is 1. The number of hydrogen-bond donors (Lipinski definition) is 1. The fourth-order valence-electron chi connectivity index (χ4n) is 2.81. The third-order valence-electron chi connectivity index (χ3n) is 3.62. The Hall–Kier alpha value is -0.680. The van der Waals surface area contributed by atoms with Crippen LogP contribution in [-0.4, -0.2) is 14.7 Å². The lowest BCUT2D eigenvalue weighted by atomic mass is 9.82. The molecule has 5 atom stereocenters. The second-order valence-electron chi connectivity index (χ2n) is 4.35. The molecule has 0 amide bonds. The van der Waals surface area contributed by atoms with Crippen LogP contribution in [0, 0.1) is 23.7 Å². The van der Waals surface area contributed by atoms with Crippen molar-refractivity contribution < 1.29 is 17.7 Å². The van der Waals surface area contributed by atoms with Gasteiger partial charge in [-0.25, -0.2) is 0 Å². The summed E-state index contributed by atoms with van der Waals surface area (Å²) < 4.78 is 22.9. The molecular weight excluding hydrogens is 216 g/mol. The lowest BCUT2D eigenvalue weighted by Gasteiger charge is -2.23. The van der Waals surface area contributed by atoms with Crippen LogP contribution in [-0.2, 0) is 20.3 Å². The first kappa shape index (κ1) is 10.8. The van der Waals surface area contributed by atoms with Crippen LogP contribution >= 0.6 is 0 Å². The van der Waals surface area contributed by atoms with Gasteiger partial charge in [0, 0.05) is 0 Å². The number of carbonyl (C=O) groups excluding carboxylic acids is 1. The Bertz CT molecular complexity index is 325. The maximum atomic E-state index is 11.2. The van der Waals surface area contributed by atoms with Gasteiger partial charge in [-0.2, -0.15) is 4.21 Å². The Morgan fingerprint density at radius 1 is 1.53 bits per heavy atom. The highest BCUT2D eigenvalue weighted by molar-refractivity contribution is 7.74. The minimum atomic E-state index is -2.48. The van der Waals surface area contributed by atoms with Crippen molar-refractivity contribution in [2.24, 2.45) is 23.7 Å². The molecule has 4 nitrogen and oxygen atoms in total. The van der Waals surface area contributed by atoms with Crippen molar-refractivity contribution in [3.63, 3.8) is 0 Å². The first-order valence-corrected chi connectivity index (χ1v) is 6.11. The fraction of sp³-hybridized carbons (Fsp3) is 0.700. The SMILES string of the molecule is CC1C2C=CC(C2)C1CC(=O)OS(=O)O. The lowest BCUT2D eigenvalue weighted by molar-refractivity contribution is -0.135. The molecule has 5 unspecified atom stereocenters. The van der Waals surface area contributed by atoms with Gasteiger partial charge >= 0.3 is 17.3 Å². The maximum absolute atomic E-state index is 11.2. The molecule has 2 bridgehead atoms. The Balaban J connectivity index is 1.93. The van der Waals surface area contributed by atoms with Gasteiger partial charge in [-0.15, -0.1) is 0 Å². The standard InChI is InChI=1S/C10H14O4S/c1-6-7-2-3-8(4-7)9(6)5-10(11)14-15(12)13/h2-3,6-9H,4-5H2,1H3,(H,12,13). The van der Waals surface area contributed by atoms with Crippen LogP contribution in [0.4, 0.5) is 0 Å². The van der Waals surface area contributed by atoms with Gasteiger partial charge in [0.05, 0.1) is 6.42 Å². The molecule has 0 aromatic carbocycles. The van der Waals surface area contributed by atoms with E-state index < -0.39 is 17.3 Å². The predicted molar refractivity (Wildman–Crippen MR) is 54.9 cm³/mol. The highest BCUT2D eigenvalue weighted by Gasteiger charge is 2.42. The molecule has 15 heavy (non-hydrogen) atoms. The van der Waals surface area contributed by atoms with E-state index in [1.165, 1.54) is 0 Å². The molecular formula is C10H14O4S. The molecule has 0 aliphatic heterocycles. The highest BCUT2D eigenvalue weighted by atomic mass is 32.2. The molecule has 2 aliphatic carbocycles. The molecule has 5 heteroatoms. The van der Waals surface area contributed by atoms with E-state index in [0.717, 1.165) is 6.42 Å². The summed E-state index contributed by atoms with van der Waals surface area (Å²) in [7, 11) is 0. The fourth-order valence-corrected chi connectivity index (χ4v) is 3.04. The molecule has 0 spiro atoms. The summed E-state index contributed by atoms with van der Waals surface area (Å²) in [6.45, 7) is 2.13. The third-order valence-corrected chi connectivity index (χ3v) is 3.95. The van der Waals surface area contributed by atoms with Gasteiger partial charge in [-0.1, -0.05) is 19.1 Å². The Morgan fingerprint density at radius 3 is 2.73 bits per heavy atom. The number of allylic oxidation sites excluding steroid dienone is 2. The first-order valence-electron chi connectivity index (χ1n) is 5.08. The highest BCUT2D eigenvalue weighted by Crippen LogP contribution is 2.49. The number of fused-ring (bicyclic) bond motifs is 2. The van der Waals surface area contributed by atoms with Gasteiger partial charge in [-0.05, 0) is 30.1 Å². The van der Waals surface area contributed by atoms with Gasteiger partial charge in [0.25, 0.3) is 0 Å². The summed E-state index contributed by atoms with van der Waals surface area (Å²) in [5.74, 6) is 1.20. The van der Waals surface area contributed by atoms with Crippen LogP contribution in [0.3, 0.4) is 0 Å². The summed E-state index contributed by atoms with van der Waals surface area (Å²) in [6, 6.07) is 0. The molecule has 84 valence electrons. The van der Waals surface area contributed by atoms with Gasteiger partial charge in [0.1, 0.15) is 0 Å². The number of rotatable bonds is 3. The largest absolute Gasteiger partial charge is 0.360 e. The van der Waals surface area contributed by atoms with Crippen LogP contribution < -0.4 is 0 Å².